The van der Waals surface area contributed by atoms with E-state index in [-0.39, 0.29) is 32.2 Å². The molecule has 2 aromatic carbocycles. The van der Waals surface area contributed by atoms with Gasteiger partial charge in [0, 0.05) is 16.3 Å². The lowest BCUT2D eigenvalue weighted by Crippen LogP contribution is -2.32. The van der Waals surface area contributed by atoms with Crippen LogP contribution in [0.15, 0.2) is 62.6 Å². The van der Waals surface area contributed by atoms with Gasteiger partial charge in [-0.1, -0.05) is 40.0 Å². The molecule has 2 heterocycles. The molecule has 1 aromatic heterocycles. The van der Waals surface area contributed by atoms with Gasteiger partial charge in [0.05, 0.1) is 21.3 Å². The third-order valence-corrected chi connectivity index (χ3v) is 7.23. The van der Waals surface area contributed by atoms with Crippen molar-refractivity contribution in [1.29, 1.82) is 0 Å². The van der Waals surface area contributed by atoms with Gasteiger partial charge in [0.2, 0.25) is 5.88 Å². The highest BCUT2D eigenvalue weighted by Crippen LogP contribution is 2.35. The Morgan fingerprint density at radius 3 is 2.24 bits per heavy atom. The number of benzene rings is 2. The van der Waals surface area contributed by atoms with Crippen molar-refractivity contribution in [3.05, 3.63) is 74.5 Å². The largest absolute Gasteiger partial charge is 0.350 e. The van der Waals surface area contributed by atoms with Gasteiger partial charge >= 0.3 is 0 Å². The van der Waals surface area contributed by atoms with E-state index in [0.29, 0.717) is 22.0 Å². The van der Waals surface area contributed by atoms with Crippen LogP contribution >= 0.6 is 34.8 Å². The lowest BCUT2D eigenvalue weighted by Gasteiger charge is -2.16. The number of amides is 2. The molecule has 13 heteroatoms. The zero-order valence-electron chi connectivity index (χ0n) is 17.5. The Hall–Kier alpha value is -3.05. The molecule has 0 fully saturated rings. The Labute approximate surface area is 209 Å². The molecule has 2 N–H and O–H groups in total. The zero-order chi connectivity index (χ0) is 24.8. The van der Waals surface area contributed by atoms with Gasteiger partial charge in [0.1, 0.15) is 10.7 Å². The van der Waals surface area contributed by atoms with Crippen LogP contribution in [0, 0.1) is 13.8 Å². The number of hydrogen-bond acceptors (Lipinski definition) is 7. The molecule has 1 aliphatic heterocycles. The summed E-state index contributed by atoms with van der Waals surface area (Å²) in [5.74, 6) is -1.47. The minimum absolute atomic E-state index is 0.0210. The smallest absolute Gasteiger partial charge is 0.283 e. The molecule has 0 radical (unpaired) electrons. The summed E-state index contributed by atoms with van der Waals surface area (Å²) in [6.45, 7) is 3.36. The molecule has 4 rings (SSSR count). The van der Waals surface area contributed by atoms with Crippen LogP contribution in [0.2, 0.25) is 10.0 Å². The second kappa shape index (κ2) is 8.95. The molecule has 2 amide bonds. The number of hydrogen-bond donors (Lipinski definition) is 2. The highest BCUT2D eigenvalue weighted by Gasteiger charge is 2.39. The fraction of sp³-hybridized carbons (Fsp3) is 0.0952. The number of aryl methyl sites for hydroxylation is 1. The maximum absolute atomic E-state index is 12.9. The van der Waals surface area contributed by atoms with Crippen molar-refractivity contribution in [1.82, 2.24) is 5.16 Å². The second-order valence-corrected chi connectivity index (χ2v) is 10.1. The Balaban J connectivity index is 1.54. The molecule has 0 unspecified atom stereocenters. The molecule has 3 aromatic rings. The average Bonchev–Trinajstić information content (AvgIpc) is 3.20. The van der Waals surface area contributed by atoms with Crippen molar-refractivity contribution in [3.8, 4) is 0 Å². The van der Waals surface area contributed by atoms with Gasteiger partial charge in [-0.25, -0.2) is 18.0 Å². The molecular formula is C21H15Cl3N4O5S. The van der Waals surface area contributed by atoms with Crippen molar-refractivity contribution in [2.24, 2.45) is 0 Å². The molecule has 1 aliphatic rings. The van der Waals surface area contributed by atoms with Gasteiger partial charge in [0.25, 0.3) is 21.8 Å². The fourth-order valence-corrected chi connectivity index (χ4v) is 4.80. The molecule has 34 heavy (non-hydrogen) atoms. The summed E-state index contributed by atoms with van der Waals surface area (Å²) >= 11 is 18.1. The van der Waals surface area contributed by atoms with E-state index >= 15 is 0 Å². The lowest BCUT2D eigenvalue weighted by atomic mass is 10.3. The number of aromatic nitrogens is 1. The maximum Gasteiger partial charge on any atom is 0.283 e. The van der Waals surface area contributed by atoms with E-state index in [4.69, 9.17) is 39.3 Å². The van der Waals surface area contributed by atoms with E-state index in [1.807, 2.05) is 0 Å². The summed E-state index contributed by atoms with van der Waals surface area (Å²) < 4.78 is 32.6. The highest BCUT2D eigenvalue weighted by molar-refractivity contribution is 7.92. The number of halogens is 3. The van der Waals surface area contributed by atoms with E-state index < -0.39 is 21.8 Å². The molecule has 0 saturated carbocycles. The summed E-state index contributed by atoms with van der Waals surface area (Å²) in [7, 11) is -3.95. The number of anilines is 3. The normalized spacial score (nSPS) is 14.2. The molecule has 0 aliphatic carbocycles. The van der Waals surface area contributed by atoms with Crippen LogP contribution in [0.5, 0.6) is 0 Å². The van der Waals surface area contributed by atoms with Crippen LogP contribution in [0.1, 0.15) is 11.3 Å². The number of imide groups is 1. The second-order valence-electron chi connectivity index (χ2n) is 7.21. The number of carbonyl (C=O) groups excluding carboxylic acids is 2. The summed E-state index contributed by atoms with van der Waals surface area (Å²) in [5, 5.41) is 6.57. The summed E-state index contributed by atoms with van der Waals surface area (Å²) in [4.78, 5) is 26.3. The Morgan fingerprint density at radius 2 is 1.65 bits per heavy atom. The van der Waals surface area contributed by atoms with Crippen LogP contribution < -0.4 is 14.9 Å². The first-order chi connectivity index (χ1) is 16.0. The van der Waals surface area contributed by atoms with Gasteiger partial charge in [-0.15, -0.1) is 0 Å². The number of carbonyl (C=O) groups is 2. The number of sulfonamides is 1. The van der Waals surface area contributed by atoms with E-state index in [2.05, 4.69) is 15.2 Å². The van der Waals surface area contributed by atoms with Crippen molar-refractivity contribution in [2.75, 3.05) is 14.9 Å². The predicted octanol–water partition coefficient (Wildman–Crippen LogP) is 4.83. The monoisotopic (exact) mass is 540 g/mol. The predicted molar refractivity (Wildman–Crippen MR) is 129 cm³/mol. The molecule has 176 valence electrons. The first-order valence-corrected chi connectivity index (χ1v) is 12.2. The van der Waals surface area contributed by atoms with E-state index in [0.717, 1.165) is 4.90 Å². The molecule has 9 nitrogen and oxygen atoms in total. The topological polar surface area (TPSA) is 122 Å². The summed E-state index contributed by atoms with van der Waals surface area (Å²) in [6.07, 6.45) is 0. The molecule has 0 atom stereocenters. The van der Waals surface area contributed by atoms with Crippen molar-refractivity contribution >= 4 is 73.9 Å². The van der Waals surface area contributed by atoms with E-state index in [1.54, 1.807) is 13.8 Å². The number of nitrogens with one attached hydrogen (secondary N) is 2. The Morgan fingerprint density at radius 1 is 0.971 bits per heavy atom. The molecule has 0 saturated heterocycles. The van der Waals surface area contributed by atoms with Gasteiger partial charge in [-0.2, -0.15) is 0 Å². The lowest BCUT2D eigenvalue weighted by molar-refractivity contribution is -0.120. The Kier molecular flexibility index (Phi) is 6.34. The highest BCUT2D eigenvalue weighted by atomic mass is 35.5. The van der Waals surface area contributed by atoms with Crippen molar-refractivity contribution in [3.63, 3.8) is 0 Å². The van der Waals surface area contributed by atoms with Crippen LogP contribution in [-0.2, 0) is 19.6 Å². The van der Waals surface area contributed by atoms with Gasteiger partial charge in [0.15, 0.2) is 0 Å². The zero-order valence-corrected chi connectivity index (χ0v) is 20.6. The molecular weight excluding hydrogens is 527 g/mol. The fourth-order valence-electron chi connectivity index (χ4n) is 3.05. The molecule has 0 bridgehead atoms. The minimum Gasteiger partial charge on any atom is -0.350 e. The number of rotatable bonds is 6. The average molecular weight is 542 g/mol. The molecule has 0 spiro atoms. The van der Waals surface area contributed by atoms with E-state index in [9.17, 15) is 18.0 Å². The third kappa shape index (κ3) is 4.37. The van der Waals surface area contributed by atoms with Crippen LogP contribution in [0.4, 0.5) is 17.3 Å². The van der Waals surface area contributed by atoms with Gasteiger partial charge < -0.3 is 9.84 Å². The standard InChI is InChI=1S/C21H15Cl3N4O5S/c1-10-11(2)26-33-19(10)27-34(31,32)14-6-4-13(5-7-14)25-18-17(24)20(29)28(21(18)30)16-8-3-12(22)9-15(16)23/h3-9,25,27H,1-2H3. The SMILES string of the molecule is Cc1noc(NS(=O)(=O)c2ccc(NC3=C(Cl)C(=O)N(c4ccc(Cl)cc4Cl)C3=O)cc2)c1C. The summed E-state index contributed by atoms with van der Waals surface area (Å²) in [6, 6.07) is 9.77. The van der Waals surface area contributed by atoms with E-state index in [1.165, 1.54) is 42.5 Å². The van der Waals surface area contributed by atoms with Crippen LogP contribution in [0.3, 0.4) is 0 Å². The quantitative estimate of drug-likeness (QED) is 0.428. The maximum atomic E-state index is 12.9. The van der Waals surface area contributed by atoms with Crippen LogP contribution in [0.25, 0.3) is 0 Å². The van der Waals surface area contributed by atoms with Crippen LogP contribution in [-0.4, -0.2) is 25.4 Å². The van der Waals surface area contributed by atoms with Gasteiger partial charge in [-0.3, -0.25) is 9.59 Å². The first kappa shape index (κ1) is 24.1. The first-order valence-electron chi connectivity index (χ1n) is 9.56. The van der Waals surface area contributed by atoms with Crippen molar-refractivity contribution < 1.29 is 22.5 Å². The summed E-state index contributed by atoms with van der Waals surface area (Å²) in [5.41, 5.74) is 1.40. The van der Waals surface area contributed by atoms with Crippen molar-refractivity contribution in [2.45, 2.75) is 18.7 Å². The number of nitrogens with zero attached hydrogens (tertiary/aromatic N) is 2. The Bertz CT molecular complexity index is 1470. The van der Waals surface area contributed by atoms with Gasteiger partial charge in [-0.05, 0) is 56.3 Å². The third-order valence-electron chi connectivity index (χ3n) is 5.00. The minimum atomic E-state index is -3.95.